The largest absolute Gasteiger partial charge is 0.508 e. The minimum atomic E-state index is -0.889. The highest BCUT2D eigenvalue weighted by Crippen LogP contribution is 2.46. The summed E-state index contributed by atoms with van der Waals surface area (Å²) < 4.78 is 17.1. The van der Waals surface area contributed by atoms with E-state index < -0.39 is 11.4 Å². The molecule has 1 N–H and O–H groups in total. The summed E-state index contributed by atoms with van der Waals surface area (Å²) in [5.41, 5.74) is 1.38. The van der Waals surface area contributed by atoms with Crippen LogP contribution in [0.25, 0.3) is 11.0 Å². The van der Waals surface area contributed by atoms with Crippen LogP contribution in [-0.4, -0.2) is 18.0 Å². The maximum absolute atomic E-state index is 12.7. The van der Waals surface area contributed by atoms with Crippen molar-refractivity contribution in [2.24, 2.45) is 0 Å². The molecule has 2 heterocycles. The molecule has 1 unspecified atom stereocenters. The third kappa shape index (κ3) is 2.57. The van der Waals surface area contributed by atoms with Crippen molar-refractivity contribution in [2.75, 3.05) is 7.11 Å². The highest BCUT2D eigenvalue weighted by atomic mass is 16.7. The van der Waals surface area contributed by atoms with Crippen LogP contribution >= 0.6 is 0 Å². The maximum atomic E-state index is 12.7. The van der Waals surface area contributed by atoms with Gasteiger partial charge in [0.15, 0.2) is 0 Å². The number of hydrogen-bond acceptors (Lipinski definition) is 5. The number of rotatable bonds is 2. The first-order chi connectivity index (χ1) is 12.0. The first kappa shape index (κ1) is 15.7. The fraction of sp³-hybridized carbons (Fsp3) is 0.250. The molecule has 0 saturated heterocycles. The van der Waals surface area contributed by atoms with Crippen molar-refractivity contribution in [1.82, 2.24) is 0 Å². The van der Waals surface area contributed by atoms with E-state index in [4.69, 9.17) is 13.9 Å². The minimum Gasteiger partial charge on any atom is -0.508 e. The van der Waals surface area contributed by atoms with Crippen LogP contribution in [0, 0.1) is 0 Å². The van der Waals surface area contributed by atoms with E-state index in [0.717, 1.165) is 5.56 Å². The average molecular weight is 338 g/mol. The number of phenols is 1. The summed E-state index contributed by atoms with van der Waals surface area (Å²) in [6.07, 6.45) is 0.482. The van der Waals surface area contributed by atoms with Gasteiger partial charge in [-0.15, -0.1) is 0 Å². The normalized spacial score (nSPS) is 22.4. The molecule has 5 nitrogen and oxygen atoms in total. The second-order valence-electron chi connectivity index (χ2n) is 6.42. The van der Waals surface area contributed by atoms with Gasteiger partial charge in [0.05, 0.1) is 10.9 Å². The van der Waals surface area contributed by atoms with Crippen LogP contribution in [0.5, 0.6) is 11.5 Å². The summed E-state index contributed by atoms with van der Waals surface area (Å²) in [5, 5.41) is 10.4. The van der Waals surface area contributed by atoms with E-state index >= 15 is 0 Å². The third-order valence-electron chi connectivity index (χ3n) is 4.75. The van der Waals surface area contributed by atoms with Crippen LogP contribution in [0.2, 0.25) is 0 Å². The van der Waals surface area contributed by atoms with Crippen LogP contribution < -0.4 is 10.4 Å². The number of benzene rings is 2. The molecule has 1 aliphatic rings. The van der Waals surface area contributed by atoms with Crippen LogP contribution in [0.1, 0.15) is 30.4 Å². The molecular weight excluding hydrogens is 320 g/mol. The molecule has 0 bridgehead atoms. The van der Waals surface area contributed by atoms with Gasteiger partial charge in [-0.05, 0) is 23.8 Å². The summed E-state index contributed by atoms with van der Waals surface area (Å²) in [5.74, 6) is -0.628. The van der Waals surface area contributed by atoms with Gasteiger partial charge in [-0.2, -0.15) is 0 Å². The highest BCUT2D eigenvalue weighted by molar-refractivity contribution is 5.86. The quantitative estimate of drug-likeness (QED) is 0.720. The Balaban J connectivity index is 2.04. The Morgan fingerprint density at radius 3 is 2.68 bits per heavy atom. The Morgan fingerprint density at radius 1 is 1.20 bits per heavy atom. The molecule has 1 aliphatic heterocycles. The number of ether oxygens (including phenoxy) is 2. The average Bonchev–Trinajstić information content (AvgIpc) is 2.62. The van der Waals surface area contributed by atoms with E-state index in [1.54, 1.807) is 19.2 Å². The molecule has 4 rings (SSSR count). The SMILES string of the molecule is COC1(C)C[C@@H](c2ccccc2)c2c(c3cc(O)ccc3oc2=O)O1. The van der Waals surface area contributed by atoms with Crippen molar-refractivity contribution in [2.45, 2.75) is 25.0 Å². The van der Waals surface area contributed by atoms with Gasteiger partial charge in [0.1, 0.15) is 17.1 Å². The Bertz CT molecular complexity index is 992. The zero-order valence-electron chi connectivity index (χ0n) is 14.0. The number of phenolic OH excluding ortho intramolecular Hbond substituents is 1. The smallest absolute Gasteiger partial charge is 0.343 e. The van der Waals surface area contributed by atoms with Crippen molar-refractivity contribution in [3.8, 4) is 11.5 Å². The van der Waals surface area contributed by atoms with Crippen molar-refractivity contribution in [3.63, 3.8) is 0 Å². The molecule has 1 aromatic heterocycles. The van der Waals surface area contributed by atoms with E-state index in [9.17, 15) is 9.90 Å². The number of aromatic hydroxyl groups is 1. The van der Waals surface area contributed by atoms with Gasteiger partial charge < -0.3 is 19.0 Å². The molecule has 0 saturated carbocycles. The van der Waals surface area contributed by atoms with E-state index in [1.165, 1.54) is 6.07 Å². The fourth-order valence-electron chi connectivity index (χ4n) is 3.41. The van der Waals surface area contributed by atoms with Crippen molar-refractivity contribution in [1.29, 1.82) is 0 Å². The molecule has 0 spiro atoms. The summed E-state index contributed by atoms with van der Waals surface area (Å²) in [4.78, 5) is 12.7. The van der Waals surface area contributed by atoms with Gasteiger partial charge in [-0.3, -0.25) is 0 Å². The lowest BCUT2D eigenvalue weighted by molar-refractivity contribution is -0.163. The number of methoxy groups -OCH3 is 1. The maximum Gasteiger partial charge on any atom is 0.343 e. The van der Waals surface area contributed by atoms with Crippen molar-refractivity contribution < 1.29 is 19.0 Å². The van der Waals surface area contributed by atoms with Gasteiger partial charge in [0.2, 0.25) is 5.79 Å². The summed E-state index contributed by atoms with van der Waals surface area (Å²) >= 11 is 0. The van der Waals surface area contributed by atoms with Gasteiger partial charge in [0.25, 0.3) is 0 Å². The van der Waals surface area contributed by atoms with E-state index in [1.807, 2.05) is 37.3 Å². The second-order valence-corrected chi connectivity index (χ2v) is 6.42. The predicted octanol–water partition coefficient (Wildman–Crippen LogP) is 3.78. The second kappa shape index (κ2) is 5.63. The monoisotopic (exact) mass is 338 g/mol. The van der Waals surface area contributed by atoms with Crippen LogP contribution in [0.3, 0.4) is 0 Å². The highest BCUT2D eigenvalue weighted by Gasteiger charge is 2.41. The third-order valence-corrected chi connectivity index (χ3v) is 4.75. The first-order valence-electron chi connectivity index (χ1n) is 8.09. The molecule has 0 fully saturated rings. The van der Waals surface area contributed by atoms with Gasteiger partial charge in [-0.25, -0.2) is 4.79 Å². The Hall–Kier alpha value is -2.79. The van der Waals surface area contributed by atoms with Crippen molar-refractivity contribution in [3.05, 3.63) is 70.1 Å². The van der Waals surface area contributed by atoms with Crippen molar-refractivity contribution >= 4 is 11.0 Å². The number of hydrogen-bond donors (Lipinski definition) is 1. The molecule has 0 radical (unpaired) electrons. The molecule has 25 heavy (non-hydrogen) atoms. The van der Waals surface area contributed by atoms with E-state index in [0.29, 0.717) is 28.7 Å². The molecular formula is C20H18O5. The van der Waals surface area contributed by atoms with Gasteiger partial charge in [0, 0.05) is 26.4 Å². The summed E-state index contributed by atoms with van der Waals surface area (Å²) in [6, 6.07) is 14.3. The zero-order valence-corrected chi connectivity index (χ0v) is 14.0. The fourth-order valence-corrected chi connectivity index (χ4v) is 3.41. The molecule has 128 valence electrons. The van der Waals surface area contributed by atoms with Gasteiger partial charge >= 0.3 is 5.63 Å². The molecule has 0 aliphatic carbocycles. The lowest BCUT2D eigenvalue weighted by atomic mass is 9.83. The molecule has 5 heteroatoms. The topological polar surface area (TPSA) is 68.9 Å². The van der Waals surface area contributed by atoms with E-state index in [2.05, 4.69) is 0 Å². The molecule has 2 aromatic carbocycles. The Labute approximate surface area is 144 Å². The summed E-state index contributed by atoms with van der Waals surface area (Å²) in [6.45, 7) is 1.84. The first-order valence-corrected chi connectivity index (χ1v) is 8.09. The Morgan fingerprint density at radius 2 is 1.96 bits per heavy atom. The van der Waals surface area contributed by atoms with Gasteiger partial charge in [-0.1, -0.05) is 30.3 Å². The minimum absolute atomic E-state index is 0.0769. The van der Waals surface area contributed by atoms with Crippen LogP contribution in [0.4, 0.5) is 0 Å². The standard InChI is InChI=1S/C20H18O5/c1-20(23-2)11-15(12-6-4-3-5-7-12)17-18(25-20)14-10-13(21)8-9-16(14)24-19(17)22/h3-10,15,21H,11H2,1-2H3/t15-,20?/m0/s1. The predicted molar refractivity (Wildman–Crippen MR) is 93.1 cm³/mol. The lowest BCUT2D eigenvalue weighted by Crippen LogP contribution is -2.41. The molecule has 0 amide bonds. The van der Waals surface area contributed by atoms with Crippen LogP contribution in [-0.2, 0) is 4.74 Å². The number of fused-ring (bicyclic) bond motifs is 3. The lowest BCUT2D eigenvalue weighted by Gasteiger charge is -2.38. The zero-order chi connectivity index (χ0) is 17.6. The summed E-state index contributed by atoms with van der Waals surface area (Å²) in [7, 11) is 1.58. The van der Waals surface area contributed by atoms with E-state index in [-0.39, 0.29) is 11.7 Å². The Kier molecular flexibility index (Phi) is 3.54. The molecule has 3 aromatic rings. The van der Waals surface area contributed by atoms with Crippen LogP contribution in [0.15, 0.2) is 57.7 Å². The molecule has 2 atom stereocenters.